The maximum Gasteiger partial charge on any atom is 0.241 e. The number of aliphatic hydroxyl groups excluding tert-OH is 1. The number of halogens is 1. The normalized spacial score (nSPS) is 11.3. The number of phenols is 2. The molecule has 1 unspecified atom stereocenters. The first-order valence-electron chi connectivity index (χ1n) is 9.98. The summed E-state index contributed by atoms with van der Waals surface area (Å²) in [5.41, 5.74) is 9.00. The number of benzene rings is 2. The van der Waals surface area contributed by atoms with Gasteiger partial charge in [0.05, 0.1) is 11.7 Å². The first kappa shape index (κ1) is 26.2. The van der Waals surface area contributed by atoms with Gasteiger partial charge in [0.15, 0.2) is 0 Å². The third-order valence-corrected chi connectivity index (χ3v) is 4.82. The number of nitrogens with one attached hydrogen (secondary N) is 1. The van der Waals surface area contributed by atoms with Gasteiger partial charge in [-0.2, -0.15) is 0 Å². The molecule has 2 rings (SSSR count). The van der Waals surface area contributed by atoms with Crippen LogP contribution in [-0.2, 0) is 17.6 Å². The van der Waals surface area contributed by atoms with E-state index >= 15 is 0 Å². The smallest absolute Gasteiger partial charge is 0.241 e. The number of carbonyl (C=O) groups is 1. The van der Waals surface area contributed by atoms with Gasteiger partial charge in [0, 0.05) is 12.2 Å². The van der Waals surface area contributed by atoms with E-state index < -0.39 is 11.9 Å². The predicted molar refractivity (Wildman–Crippen MR) is 128 cm³/mol. The molecule has 1 amide bonds. The molecule has 0 aliphatic carbocycles. The van der Waals surface area contributed by atoms with Gasteiger partial charge in [0.2, 0.25) is 5.91 Å². The Hall–Kier alpha value is -2.80. The molecule has 1 atom stereocenters. The highest BCUT2D eigenvalue weighted by molar-refractivity contribution is 5.97. The molecule has 0 spiro atoms. The zero-order chi connectivity index (χ0) is 22.1. The van der Waals surface area contributed by atoms with E-state index in [0.29, 0.717) is 48.8 Å². The predicted octanol–water partition coefficient (Wildman–Crippen LogP) is 4.07. The summed E-state index contributed by atoms with van der Waals surface area (Å²) in [6.45, 7) is 7.52. The molecule has 168 valence electrons. The van der Waals surface area contributed by atoms with Gasteiger partial charge in [0.25, 0.3) is 0 Å². The van der Waals surface area contributed by atoms with Gasteiger partial charge < -0.3 is 26.4 Å². The number of aliphatic hydroxyl groups is 1. The van der Waals surface area contributed by atoms with Crippen LogP contribution in [0.1, 0.15) is 30.4 Å². The summed E-state index contributed by atoms with van der Waals surface area (Å²) >= 11 is 0. The fourth-order valence-corrected chi connectivity index (χ4v) is 3.20. The molecular formula is C24H31ClN2O4. The number of carbonyl (C=O) groups excluding carboxylic acids is 1. The SMILES string of the molecule is C=CCc1cc(NC(=O)C(N)CCCCO)c(O)c(-c2ccc(O)c(CC=C)c2)c1.Cl. The fraction of sp³-hybridized carbons (Fsp3) is 0.292. The molecule has 0 saturated carbocycles. The highest BCUT2D eigenvalue weighted by Gasteiger charge is 2.18. The van der Waals surface area contributed by atoms with Crippen molar-refractivity contribution >= 4 is 24.0 Å². The van der Waals surface area contributed by atoms with Crippen LogP contribution in [-0.4, -0.2) is 33.9 Å². The van der Waals surface area contributed by atoms with Crippen LogP contribution in [0.3, 0.4) is 0 Å². The van der Waals surface area contributed by atoms with E-state index in [9.17, 15) is 15.0 Å². The van der Waals surface area contributed by atoms with Gasteiger partial charge in [-0.05, 0) is 73.1 Å². The Morgan fingerprint density at radius 1 is 1.10 bits per heavy atom. The monoisotopic (exact) mass is 446 g/mol. The number of unbranched alkanes of at least 4 members (excludes halogenated alkanes) is 1. The number of hydrogen-bond donors (Lipinski definition) is 5. The van der Waals surface area contributed by atoms with Crippen molar-refractivity contribution in [3.63, 3.8) is 0 Å². The molecule has 6 nitrogen and oxygen atoms in total. The first-order valence-corrected chi connectivity index (χ1v) is 9.98. The van der Waals surface area contributed by atoms with Crippen LogP contribution in [0.25, 0.3) is 11.1 Å². The lowest BCUT2D eigenvalue weighted by atomic mass is 9.96. The van der Waals surface area contributed by atoms with E-state index in [1.807, 2.05) is 6.07 Å². The van der Waals surface area contributed by atoms with Crippen molar-refractivity contribution in [3.05, 3.63) is 66.8 Å². The summed E-state index contributed by atoms with van der Waals surface area (Å²) in [6, 6.07) is 7.86. The first-order chi connectivity index (χ1) is 14.4. The van der Waals surface area contributed by atoms with E-state index in [2.05, 4.69) is 18.5 Å². The van der Waals surface area contributed by atoms with Gasteiger partial charge in [0.1, 0.15) is 11.5 Å². The van der Waals surface area contributed by atoms with Crippen LogP contribution in [0, 0.1) is 0 Å². The Labute approximate surface area is 189 Å². The summed E-state index contributed by atoms with van der Waals surface area (Å²) < 4.78 is 0. The summed E-state index contributed by atoms with van der Waals surface area (Å²) in [7, 11) is 0. The standard InChI is InChI=1S/C24H30N2O4.ClH/c1-3-7-16-13-19(17-10-11-22(28)18(15-17)8-4-2)23(29)21(14-16)26-24(30)20(25)9-5-6-12-27;/h3-4,10-11,13-15,20,27-29H,1-2,5-9,12,25H2,(H,26,30);1H. The summed E-state index contributed by atoms with van der Waals surface area (Å²) in [4.78, 5) is 12.5. The molecule has 2 aromatic carbocycles. The van der Waals surface area contributed by atoms with Crippen molar-refractivity contribution in [2.24, 2.45) is 5.73 Å². The third kappa shape index (κ3) is 7.14. The number of amides is 1. The molecule has 0 bridgehead atoms. The zero-order valence-corrected chi connectivity index (χ0v) is 18.3. The maximum atomic E-state index is 12.5. The van der Waals surface area contributed by atoms with Crippen LogP contribution in [0.2, 0.25) is 0 Å². The number of nitrogens with two attached hydrogens (primary N) is 1. The number of hydrogen-bond acceptors (Lipinski definition) is 5. The summed E-state index contributed by atoms with van der Waals surface area (Å²) in [5.74, 6) is -0.320. The Morgan fingerprint density at radius 2 is 1.81 bits per heavy atom. The van der Waals surface area contributed by atoms with Crippen molar-refractivity contribution in [2.75, 3.05) is 11.9 Å². The van der Waals surface area contributed by atoms with Gasteiger partial charge in [-0.15, -0.1) is 25.6 Å². The average molecular weight is 447 g/mol. The summed E-state index contributed by atoms with van der Waals surface area (Å²) in [5, 5.41) is 32.5. The van der Waals surface area contributed by atoms with E-state index in [1.54, 1.807) is 36.4 Å². The van der Waals surface area contributed by atoms with E-state index in [4.69, 9.17) is 10.8 Å². The molecule has 7 heteroatoms. The number of phenolic OH excluding ortho intramolecular Hbond substituents is 2. The highest BCUT2D eigenvalue weighted by atomic mass is 35.5. The van der Waals surface area contributed by atoms with Crippen molar-refractivity contribution in [3.8, 4) is 22.6 Å². The zero-order valence-electron chi connectivity index (χ0n) is 17.5. The van der Waals surface area contributed by atoms with Crippen molar-refractivity contribution < 1.29 is 20.1 Å². The van der Waals surface area contributed by atoms with Crippen molar-refractivity contribution in [1.82, 2.24) is 0 Å². The van der Waals surface area contributed by atoms with Crippen LogP contribution in [0.15, 0.2) is 55.6 Å². The van der Waals surface area contributed by atoms with Gasteiger partial charge >= 0.3 is 0 Å². The van der Waals surface area contributed by atoms with Gasteiger partial charge in [-0.3, -0.25) is 4.79 Å². The molecule has 0 aromatic heterocycles. The van der Waals surface area contributed by atoms with Gasteiger partial charge in [-0.25, -0.2) is 0 Å². The minimum Gasteiger partial charge on any atom is -0.508 e. The molecule has 0 saturated heterocycles. The molecule has 31 heavy (non-hydrogen) atoms. The number of anilines is 1. The van der Waals surface area contributed by atoms with Crippen LogP contribution in [0.5, 0.6) is 11.5 Å². The van der Waals surface area contributed by atoms with Gasteiger partial charge in [-0.1, -0.05) is 18.2 Å². The highest BCUT2D eigenvalue weighted by Crippen LogP contribution is 2.38. The minimum absolute atomic E-state index is 0. The minimum atomic E-state index is -0.740. The van der Waals surface area contributed by atoms with Crippen LogP contribution in [0.4, 0.5) is 5.69 Å². The largest absolute Gasteiger partial charge is 0.508 e. The number of allylic oxidation sites excluding steroid dienone is 2. The molecule has 0 aliphatic heterocycles. The second kappa shape index (κ2) is 12.8. The molecule has 0 radical (unpaired) electrons. The van der Waals surface area contributed by atoms with E-state index in [1.165, 1.54) is 0 Å². The third-order valence-electron chi connectivity index (χ3n) is 4.82. The molecule has 0 heterocycles. The molecule has 0 aliphatic rings. The molecular weight excluding hydrogens is 416 g/mol. The quantitative estimate of drug-likeness (QED) is 0.203. The number of rotatable bonds is 11. The lowest BCUT2D eigenvalue weighted by Crippen LogP contribution is -2.35. The Balaban J connectivity index is 0.00000480. The van der Waals surface area contributed by atoms with E-state index in [0.717, 1.165) is 5.56 Å². The Morgan fingerprint density at radius 3 is 2.45 bits per heavy atom. The van der Waals surface area contributed by atoms with Crippen molar-refractivity contribution in [1.29, 1.82) is 0 Å². The molecule has 2 aromatic rings. The maximum absolute atomic E-state index is 12.5. The second-order valence-electron chi connectivity index (χ2n) is 7.18. The topological polar surface area (TPSA) is 116 Å². The second-order valence-corrected chi connectivity index (χ2v) is 7.18. The lowest BCUT2D eigenvalue weighted by molar-refractivity contribution is -0.117. The lowest BCUT2D eigenvalue weighted by Gasteiger charge is -2.17. The van der Waals surface area contributed by atoms with E-state index in [-0.39, 0.29) is 36.2 Å². The number of aromatic hydroxyl groups is 2. The van der Waals surface area contributed by atoms with Crippen LogP contribution < -0.4 is 11.1 Å². The molecule has 6 N–H and O–H groups in total. The van der Waals surface area contributed by atoms with Crippen LogP contribution >= 0.6 is 12.4 Å². The molecule has 0 fully saturated rings. The fourth-order valence-electron chi connectivity index (χ4n) is 3.20. The van der Waals surface area contributed by atoms with Crippen molar-refractivity contribution in [2.45, 2.75) is 38.1 Å². The Bertz CT molecular complexity index is 915. The average Bonchev–Trinajstić information content (AvgIpc) is 2.72. The Kier molecular flexibility index (Phi) is 10.8. The summed E-state index contributed by atoms with van der Waals surface area (Å²) in [6.07, 6.45) is 6.13.